The van der Waals surface area contributed by atoms with Crippen molar-refractivity contribution in [3.8, 4) is 11.4 Å². The number of aromatic nitrogens is 6. The van der Waals surface area contributed by atoms with Gasteiger partial charge >= 0.3 is 5.97 Å². The number of benzene rings is 1. The van der Waals surface area contributed by atoms with E-state index in [0.29, 0.717) is 11.4 Å². The van der Waals surface area contributed by atoms with Crippen LogP contribution in [0.1, 0.15) is 17.4 Å². The van der Waals surface area contributed by atoms with Crippen molar-refractivity contribution in [1.82, 2.24) is 29.1 Å². The monoisotopic (exact) mass is 366 g/mol. The molecule has 1 aromatic carbocycles. The molecule has 0 aliphatic rings. The van der Waals surface area contributed by atoms with Crippen molar-refractivity contribution in [3.63, 3.8) is 0 Å². The predicted molar refractivity (Wildman–Crippen MR) is 94.2 cm³/mol. The SMILES string of the molecule is CCOC(=O)c1ncn2c1nnc1c(=O)n(-c3ccccc3OC)cnc12. The molecule has 0 saturated carbocycles. The lowest BCUT2D eigenvalue weighted by Gasteiger charge is -2.10. The van der Waals surface area contributed by atoms with Gasteiger partial charge in [0.15, 0.2) is 22.5 Å². The van der Waals surface area contributed by atoms with Crippen LogP contribution in [-0.2, 0) is 4.74 Å². The molecular weight excluding hydrogens is 352 g/mol. The Labute approximate surface area is 152 Å². The number of nitrogens with zero attached hydrogens (tertiary/aromatic N) is 6. The van der Waals surface area contributed by atoms with E-state index in [1.807, 2.05) is 0 Å². The predicted octanol–water partition coefficient (Wildman–Crippen LogP) is 1.01. The summed E-state index contributed by atoms with van der Waals surface area (Å²) in [6, 6.07) is 7.05. The third-order valence-electron chi connectivity index (χ3n) is 3.96. The number of fused-ring (bicyclic) bond motifs is 3. The van der Waals surface area contributed by atoms with Gasteiger partial charge < -0.3 is 9.47 Å². The Balaban J connectivity index is 1.94. The highest BCUT2D eigenvalue weighted by Crippen LogP contribution is 2.21. The number of hydrogen-bond donors (Lipinski definition) is 0. The van der Waals surface area contributed by atoms with E-state index in [1.165, 1.54) is 28.7 Å². The molecule has 0 saturated heterocycles. The van der Waals surface area contributed by atoms with Crippen molar-refractivity contribution in [2.45, 2.75) is 6.92 Å². The third kappa shape index (κ3) is 2.58. The minimum atomic E-state index is -0.615. The number of carbonyl (C=O) groups is 1. The molecule has 0 bridgehead atoms. The number of carbonyl (C=O) groups excluding carboxylic acids is 1. The third-order valence-corrected chi connectivity index (χ3v) is 3.96. The maximum atomic E-state index is 12.9. The summed E-state index contributed by atoms with van der Waals surface area (Å²) in [6.07, 6.45) is 2.73. The van der Waals surface area contributed by atoms with Crippen LogP contribution in [0, 0.1) is 0 Å². The van der Waals surface area contributed by atoms with Crippen LogP contribution in [0.15, 0.2) is 41.7 Å². The summed E-state index contributed by atoms with van der Waals surface area (Å²) in [4.78, 5) is 33.2. The van der Waals surface area contributed by atoms with Crippen molar-refractivity contribution < 1.29 is 14.3 Å². The molecule has 0 spiro atoms. The first kappa shape index (κ1) is 16.6. The van der Waals surface area contributed by atoms with Crippen LogP contribution in [0.25, 0.3) is 22.5 Å². The molecular formula is C17H14N6O4. The Kier molecular flexibility index (Phi) is 3.99. The summed E-state index contributed by atoms with van der Waals surface area (Å²) in [5.41, 5.74) is 0.553. The normalized spacial score (nSPS) is 11.0. The molecule has 136 valence electrons. The summed E-state index contributed by atoms with van der Waals surface area (Å²) >= 11 is 0. The maximum absolute atomic E-state index is 12.9. The molecule has 0 N–H and O–H groups in total. The summed E-state index contributed by atoms with van der Waals surface area (Å²) < 4.78 is 13.0. The number of imidazole rings is 1. The highest BCUT2D eigenvalue weighted by molar-refractivity contribution is 5.94. The molecule has 27 heavy (non-hydrogen) atoms. The summed E-state index contributed by atoms with van der Waals surface area (Å²) in [6.45, 7) is 1.90. The van der Waals surface area contributed by atoms with Gasteiger partial charge in [-0.25, -0.2) is 14.8 Å². The number of para-hydroxylation sites is 2. The topological polar surface area (TPSA) is 114 Å². The molecule has 4 aromatic rings. The Morgan fingerprint density at radius 1 is 1.11 bits per heavy atom. The van der Waals surface area contributed by atoms with E-state index in [-0.39, 0.29) is 29.1 Å². The lowest BCUT2D eigenvalue weighted by atomic mass is 10.3. The number of rotatable bonds is 4. The molecule has 10 nitrogen and oxygen atoms in total. The molecule has 3 heterocycles. The lowest BCUT2D eigenvalue weighted by Crippen LogP contribution is -2.22. The van der Waals surface area contributed by atoms with Crippen molar-refractivity contribution in [2.75, 3.05) is 13.7 Å². The van der Waals surface area contributed by atoms with Gasteiger partial charge in [0.05, 0.1) is 19.4 Å². The van der Waals surface area contributed by atoms with Crippen molar-refractivity contribution in [3.05, 3.63) is 53.0 Å². The number of hydrogen-bond acceptors (Lipinski definition) is 8. The van der Waals surface area contributed by atoms with Gasteiger partial charge in [-0.3, -0.25) is 13.8 Å². The molecule has 0 atom stereocenters. The zero-order valence-electron chi connectivity index (χ0n) is 14.5. The first-order valence-electron chi connectivity index (χ1n) is 8.07. The second kappa shape index (κ2) is 6.48. The molecule has 0 amide bonds. The van der Waals surface area contributed by atoms with Crippen LogP contribution in [0.3, 0.4) is 0 Å². The van der Waals surface area contributed by atoms with E-state index in [4.69, 9.17) is 9.47 Å². The highest BCUT2D eigenvalue weighted by atomic mass is 16.5. The first-order valence-corrected chi connectivity index (χ1v) is 8.07. The average molecular weight is 366 g/mol. The van der Waals surface area contributed by atoms with E-state index < -0.39 is 11.5 Å². The van der Waals surface area contributed by atoms with Gasteiger partial charge in [0.1, 0.15) is 18.4 Å². The molecule has 3 aromatic heterocycles. The largest absolute Gasteiger partial charge is 0.495 e. The Hall–Kier alpha value is -3.82. The molecule has 0 fully saturated rings. The molecule has 0 aliphatic heterocycles. The summed E-state index contributed by atoms with van der Waals surface area (Å²) in [5, 5.41) is 7.95. The second-order valence-electron chi connectivity index (χ2n) is 5.47. The number of esters is 1. The summed E-state index contributed by atoms with van der Waals surface area (Å²) in [5.74, 6) is -0.0990. The molecule has 10 heteroatoms. The van der Waals surface area contributed by atoms with Gasteiger partial charge in [0.25, 0.3) is 5.56 Å². The van der Waals surface area contributed by atoms with E-state index in [1.54, 1.807) is 31.2 Å². The van der Waals surface area contributed by atoms with E-state index in [0.717, 1.165) is 0 Å². The molecule has 0 radical (unpaired) electrons. The standard InChI is InChI=1S/C17H14N6O4/c1-3-27-17(25)13-15-21-20-12-14(23(15)8-18-13)19-9-22(16(12)24)10-6-4-5-7-11(10)26-2/h4-9H,3H2,1-2H3. The van der Waals surface area contributed by atoms with Crippen molar-refractivity contribution in [1.29, 1.82) is 0 Å². The fourth-order valence-corrected chi connectivity index (χ4v) is 2.73. The van der Waals surface area contributed by atoms with E-state index in [9.17, 15) is 9.59 Å². The Morgan fingerprint density at radius 2 is 1.93 bits per heavy atom. The minimum absolute atomic E-state index is 0.0157. The van der Waals surface area contributed by atoms with Gasteiger partial charge in [-0.1, -0.05) is 12.1 Å². The fraction of sp³-hybridized carbons (Fsp3) is 0.176. The van der Waals surface area contributed by atoms with Gasteiger partial charge in [-0.2, -0.15) is 0 Å². The Morgan fingerprint density at radius 3 is 2.70 bits per heavy atom. The molecule has 0 unspecified atom stereocenters. The number of ether oxygens (including phenoxy) is 2. The van der Waals surface area contributed by atoms with Crippen LogP contribution in [-0.4, -0.2) is 48.8 Å². The van der Waals surface area contributed by atoms with Crippen LogP contribution >= 0.6 is 0 Å². The van der Waals surface area contributed by atoms with E-state index in [2.05, 4.69) is 20.2 Å². The van der Waals surface area contributed by atoms with Crippen LogP contribution in [0.5, 0.6) is 5.75 Å². The second-order valence-corrected chi connectivity index (χ2v) is 5.47. The van der Waals surface area contributed by atoms with E-state index >= 15 is 0 Å². The van der Waals surface area contributed by atoms with Crippen LogP contribution in [0.4, 0.5) is 0 Å². The van der Waals surface area contributed by atoms with Gasteiger partial charge in [-0.05, 0) is 19.1 Å². The average Bonchev–Trinajstić information content (AvgIpc) is 3.13. The zero-order chi connectivity index (χ0) is 19.0. The smallest absolute Gasteiger partial charge is 0.360 e. The summed E-state index contributed by atoms with van der Waals surface area (Å²) in [7, 11) is 1.52. The zero-order valence-corrected chi connectivity index (χ0v) is 14.5. The lowest BCUT2D eigenvalue weighted by molar-refractivity contribution is 0.0522. The quantitative estimate of drug-likeness (QED) is 0.492. The van der Waals surface area contributed by atoms with Crippen LogP contribution < -0.4 is 10.3 Å². The van der Waals surface area contributed by atoms with Gasteiger partial charge in [0, 0.05) is 0 Å². The molecule has 0 aliphatic carbocycles. The van der Waals surface area contributed by atoms with Crippen molar-refractivity contribution >= 4 is 22.8 Å². The van der Waals surface area contributed by atoms with Gasteiger partial charge in [0.2, 0.25) is 0 Å². The first-order chi connectivity index (χ1) is 13.2. The van der Waals surface area contributed by atoms with Crippen molar-refractivity contribution in [2.24, 2.45) is 0 Å². The molecule has 4 rings (SSSR count). The fourth-order valence-electron chi connectivity index (χ4n) is 2.73. The minimum Gasteiger partial charge on any atom is -0.495 e. The van der Waals surface area contributed by atoms with Crippen LogP contribution in [0.2, 0.25) is 0 Å². The maximum Gasteiger partial charge on any atom is 0.360 e. The Bertz CT molecular complexity index is 1230. The van der Waals surface area contributed by atoms with Gasteiger partial charge in [-0.15, -0.1) is 10.2 Å². The number of methoxy groups -OCH3 is 1. The highest BCUT2D eigenvalue weighted by Gasteiger charge is 2.20.